The van der Waals surface area contributed by atoms with E-state index < -0.39 is 0 Å². The number of hydrazone groups is 1. The third-order valence-electron chi connectivity index (χ3n) is 5.98. The fraction of sp³-hybridized carbons (Fsp3) is 0.333. The van der Waals surface area contributed by atoms with Crippen molar-refractivity contribution in [1.29, 1.82) is 0 Å². The van der Waals surface area contributed by atoms with Crippen LogP contribution in [0.5, 0.6) is 23.0 Å². The van der Waals surface area contributed by atoms with Gasteiger partial charge in [0.2, 0.25) is 6.79 Å². The minimum atomic E-state index is 0.0920. The molecule has 3 heterocycles. The van der Waals surface area contributed by atoms with E-state index in [9.17, 15) is 5.11 Å². The van der Waals surface area contributed by atoms with Crippen molar-refractivity contribution in [3.8, 4) is 23.0 Å². The monoisotopic (exact) mass is 426 g/mol. The zero-order valence-corrected chi connectivity index (χ0v) is 17.3. The summed E-state index contributed by atoms with van der Waals surface area (Å²) in [6, 6.07) is 6.17. The molecule has 2 aromatic rings. The largest absolute Gasteiger partial charge is 0.504 e. The van der Waals surface area contributed by atoms with Gasteiger partial charge in [0.15, 0.2) is 28.1 Å². The summed E-state index contributed by atoms with van der Waals surface area (Å²) in [4.78, 5) is 2.39. The van der Waals surface area contributed by atoms with Crippen molar-refractivity contribution in [2.75, 3.05) is 20.4 Å². The molecule has 1 unspecified atom stereocenters. The second-order valence-corrected chi connectivity index (χ2v) is 7.99. The van der Waals surface area contributed by atoms with E-state index in [4.69, 9.17) is 32.2 Å². The minimum absolute atomic E-state index is 0.0920. The van der Waals surface area contributed by atoms with Crippen LogP contribution in [-0.2, 0) is 19.4 Å². The van der Waals surface area contributed by atoms with Gasteiger partial charge in [-0.05, 0) is 59.9 Å². The molecule has 3 aliphatic heterocycles. The average Bonchev–Trinajstić information content (AvgIpc) is 3.20. The molecular formula is C21H22N4O4S. The fourth-order valence-corrected chi connectivity index (χ4v) is 4.63. The molecule has 4 N–H and O–H groups in total. The van der Waals surface area contributed by atoms with E-state index in [0.29, 0.717) is 12.3 Å². The van der Waals surface area contributed by atoms with Gasteiger partial charge in [0.1, 0.15) is 0 Å². The van der Waals surface area contributed by atoms with Gasteiger partial charge in [0, 0.05) is 30.3 Å². The van der Waals surface area contributed by atoms with Gasteiger partial charge in [0.05, 0.1) is 13.3 Å². The van der Waals surface area contributed by atoms with Crippen LogP contribution in [0, 0.1) is 0 Å². The normalized spacial score (nSPS) is 19.2. The molecule has 2 aromatic carbocycles. The molecule has 0 saturated carbocycles. The van der Waals surface area contributed by atoms with Crippen LogP contribution >= 0.6 is 12.2 Å². The number of nitrogens with zero attached hydrogens (tertiary/aromatic N) is 2. The fourth-order valence-electron chi connectivity index (χ4n) is 4.58. The predicted octanol–water partition coefficient (Wildman–Crippen LogP) is 1.95. The summed E-state index contributed by atoms with van der Waals surface area (Å²) in [5.41, 5.74) is 13.4. The molecule has 5 rings (SSSR count). The lowest BCUT2D eigenvalue weighted by Gasteiger charge is -2.42. The first-order valence-electron chi connectivity index (χ1n) is 9.72. The molecule has 156 valence electrons. The van der Waals surface area contributed by atoms with Crippen LogP contribution in [0.4, 0.5) is 0 Å². The Morgan fingerprint density at radius 2 is 2.13 bits per heavy atom. The van der Waals surface area contributed by atoms with Crippen molar-refractivity contribution < 1.29 is 19.3 Å². The molecule has 30 heavy (non-hydrogen) atoms. The van der Waals surface area contributed by atoms with Crippen LogP contribution < -0.4 is 25.4 Å². The topological polar surface area (TPSA) is 102 Å². The molecule has 0 saturated heterocycles. The highest BCUT2D eigenvalue weighted by molar-refractivity contribution is 7.80. The lowest BCUT2D eigenvalue weighted by Crippen LogP contribution is -2.39. The van der Waals surface area contributed by atoms with Crippen molar-refractivity contribution >= 4 is 23.5 Å². The Labute approximate surface area is 179 Å². The molecule has 8 nitrogen and oxygen atoms in total. The van der Waals surface area contributed by atoms with Gasteiger partial charge < -0.3 is 25.1 Å². The Balaban J connectivity index is 1.57. The molecule has 0 aromatic heterocycles. The summed E-state index contributed by atoms with van der Waals surface area (Å²) in [7, 11) is 1.54. The van der Waals surface area contributed by atoms with Gasteiger partial charge in [-0.1, -0.05) is 0 Å². The predicted molar refractivity (Wildman–Crippen MR) is 115 cm³/mol. The molecule has 0 bridgehead atoms. The molecule has 0 amide bonds. The number of ether oxygens (including phenoxy) is 3. The van der Waals surface area contributed by atoms with Gasteiger partial charge in [-0.2, -0.15) is 5.10 Å². The zero-order valence-electron chi connectivity index (χ0n) is 16.5. The maximum absolute atomic E-state index is 10.8. The quantitative estimate of drug-likeness (QED) is 0.389. The standard InChI is InChI=1S/C21H22N4O4S/c1-27-19-5-12(8-23-24-21(22)30)13-6-16-14-7-18-17(28-10-29-18)4-11(14)2-3-25(16)9-15(13)20(19)26/h4-5,7-8,16,26H,2-3,6,9-10H2,1H3,(H3,22,24,30)/b23-8+. The summed E-state index contributed by atoms with van der Waals surface area (Å²) >= 11 is 4.82. The number of nitrogens with one attached hydrogen (secondary N) is 1. The first kappa shape index (κ1) is 19.0. The van der Waals surface area contributed by atoms with Crippen molar-refractivity contribution in [2.24, 2.45) is 10.8 Å². The Kier molecular flexibility index (Phi) is 4.63. The molecule has 0 spiro atoms. The number of hydrogen-bond donors (Lipinski definition) is 3. The molecular weight excluding hydrogens is 404 g/mol. The number of nitrogens with two attached hydrogens (primary N) is 1. The number of fused-ring (bicyclic) bond motifs is 5. The van der Waals surface area contributed by atoms with Crippen LogP contribution in [0.3, 0.4) is 0 Å². The van der Waals surface area contributed by atoms with E-state index in [1.807, 2.05) is 0 Å². The highest BCUT2D eigenvalue weighted by Crippen LogP contribution is 2.47. The lowest BCUT2D eigenvalue weighted by molar-refractivity contribution is 0.157. The van der Waals surface area contributed by atoms with Gasteiger partial charge in [-0.25, -0.2) is 0 Å². The van der Waals surface area contributed by atoms with Gasteiger partial charge in [-0.15, -0.1) is 0 Å². The van der Waals surface area contributed by atoms with E-state index in [-0.39, 0.29) is 23.7 Å². The number of phenols is 1. The third-order valence-corrected chi connectivity index (χ3v) is 6.07. The number of aromatic hydroxyl groups is 1. The van der Waals surface area contributed by atoms with Crippen LogP contribution in [0.1, 0.15) is 33.9 Å². The molecule has 0 fully saturated rings. The highest BCUT2D eigenvalue weighted by Gasteiger charge is 2.36. The minimum Gasteiger partial charge on any atom is -0.504 e. The van der Waals surface area contributed by atoms with E-state index >= 15 is 0 Å². The van der Waals surface area contributed by atoms with Crippen molar-refractivity contribution in [2.45, 2.75) is 25.4 Å². The van der Waals surface area contributed by atoms with Gasteiger partial charge in [-0.3, -0.25) is 10.3 Å². The van der Waals surface area contributed by atoms with Crippen molar-refractivity contribution in [3.63, 3.8) is 0 Å². The summed E-state index contributed by atoms with van der Waals surface area (Å²) < 4.78 is 16.6. The number of benzene rings is 2. The Morgan fingerprint density at radius 1 is 1.33 bits per heavy atom. The summed E-state index contributed by atoms with van der Waals surface area (Å²) in [5.74, 6) is 2.21. The van der Waals surface area contributed by atoms with Crippen LogP contribution in [-0.4, -0.2) is 41.8 Å². The number of thiocarbonyl (C=S) groups is 1. The molecule has 0 radical (unpaired) electrons. The highest BCUT2D eigenvalue weighted by atomic mass is 32.1. The first-order chi connectivity index (χ1) is 14.5. The maximum Gasteiger partial charge on any atom is 0.231 e. The van der Waals surface area contributed by atoms with E-state index in [2.05, 4.69) is 27.6 Å². The van der Waals surface area contributed by atoms with Crippen LogP contribution in [0.15, 0.2) is 23.3 Å². The number of hydrogen-bond acceptors (Lipinski definition) is 7. The average molecular weight is 426 g/mol. The Hall–Kier alpha value is -3.04. The Bertz CT molecular complexity index is 1070. The van der Waals surface area contributed by atoms with Gasteiger partial charge >= 0.3 is 0 Å². The molecule has 1 atom stereocenters. The van der Waals surface area contributed by atoms with Crippen molar-refractivity contribution in [1.82, 2.24) is 10.3 Å². The SMILES string of the molecule is COc1cc(/C=N/NC(N)=S)c2c(c1O)CN1CCc3cc4c(cc3C1C2)OCO4. The Morgan fingerprint density at radius 3 is 2.90 bits per heavy atom. The van der Waals surface area contributed by atoms with E-state index in [0.717, 1.165) is 47.6 Å². The number of methoxy groups -OCH3 is 1. The molecule has 3 aliphatic rings. The molecule has 9 heteroatoms. The molecule has 0 aliphatic carbocycles. The van der Waals surface area contributed by atoms with E-state index in [1.54, 1.807) is 19.4 Å². The third kappa shape index (κ3) is 3.10. The van der Waals surface area contributed by atoms with Crippen molar-refractivity contribution in [3.05, 3.63) is 46.0 Å². The summed E-state index contributed by atoms with van der Waals surface area (Å²) in [6.45, 7) is 1.79. The maximum atomic E-state index is 10.8. The van der Waals surface area contributed by atoms with Gasteiger partial charge in [0.25, 0.3) is 0 Å². The lowest BCUT2D eigenvalue weighted by atomic mass is 9.82. The van der Waals surface area contributed by atoms with Crippen LogP contribution in [0.25, 0.3) is 0 Å². The second-order valence-electron chi connectivity index (χ2n) is 7.55. The summed E-state index contributed by atoms with van der Waals surface area (Å²) in [6.07, 6.45) is 3.32. The zero-order chi connectivity index (χ0) is 20.8. The smallest absolute Gasteiger partial charge is 0.231 e. The summed E-state index contributed by atoms with van der Waals surface area (Å²) in [5, 5.41) is 15.0. The van der Waals surface area contributed by atoms with Crippen LogP contribution in [0.2, 0.25) is 0 Å². The number of phenolic OH excluding ortho intramolecular Hbond substituents is 1. The second kappa shape index (κ2) is 7.33. The number of rotatable bonds is 3. The van der Waals surface area contributed by atoms with E-state index in [1.165, 1.54) is 11.1 Å². The first-order valence-corrected chi connectivity index (χ1v) is 10.1.